The molecular weight excluding hydrogens is 347 g/mol. The highest BCUT2D eigenvalue weighted by Crippen LogP contribution is 2.31. The second-order valence-corrected chi connectivity index (χ2v) is 8.51. The maximum atomic E-state index is 13.3. The van der Waals surface area contributed by atoms with E-state index in [0.717, 1.165) is 31.2 Å². The standard InChI is InChI=1S/C21H29FN2O3/c1-21(2,3)27-20(26)23-13-5-4-6-18(23)19(25)24(17-11-12-17)14-15-7-9-16(22)10-8-15/h7-10,17-18H,4-6,11-14H2,1-3H3/t18-/m1/s1. The van der Waals surface area contributed by atoms with E-state index < -0.39 is 17.7 Å². The topological polar surface area (TPSA) is 49.9 Å². The number of benzene rings is 1. The van der Waals surface area contributed by atoms with E-state index in [1.165, 1.54) is 12.1 Å². The van der Waals surface area contributed by atoms with Gasteiger partial charge < -0.3 is 9.64 Å². The number of amides is 2. The molecule has 1 aromatic rings. The van der Waals surface area contributed by atoms with Crippen LogP contribution in [0.1, 0.15) is 58.4 Å². The fraction of sp³-hybridized carbons (Fsp3) is 0.619. The molecule has 1 atom stereocenters. The van der Waals surface area contributed by atoms with Gasteiger partial charge in [0, 0.05) is 19.1 Å². The summed E-state index contributed by atoms with van der Waals surface area (Å²) in [6.45, 7) is 6.48. The highest BCUT2D eigenvalue weighted by atomic mass is 19.1. The van der Waals surface area contributed by atoms with Crippen LogP contribution in [0.4, 0.5) is 9.18 Å². The number of hydrogen-bond acceptors (Lipinski definition) is 3. The molecule has 0 bridgehead atoms. The van der Waals surface area contributed by atoms with Gasteiger partial charge in [-0.25, -0.2) is 9.18 Å². The van der Waals surface area contributed by atoms with Crippen molar-refractivity contribution < 1.29 is 18.7 Å². The molecule has 1 aromatic carbocycles. The van der Waals surface area contributed by atoms with Crippen molar-refractivity contribution in [2.24, 2.45) is 0 Å². The van der Waals surface area contributed by atoms with Crippen LogP contribution in [0, 0.1) is 5.82 Å². The molecule has 0 radical (unpaired) electrons. The van der Waals surface area contributed by atoms with Gasteiger partial charge in [-0.3, -0.25) is 9.69 Å². The molecule has 0 unspecified atom stereocenters. The lowest BCUT2D eigenvalue weighted by atomic mass is 10.0. The Balaban J connectivity index is 1.74. The fourth-order valence-corrected chi connectivity index (χ4v) is 3.48. The average molecular weight is 376 g/mol. The van der Waals surface area contributed by atoms with Crippen LogP contribution in [0.15, 0.2) is 24.3 Å². The third kappa shape index (κ3) is 5.21. The van der Waals surface area contributed by atoms with Crippen molar-refractivity contribution in [1.29, 1.82) is 0 Å². The van der Waals surface area contributed by atoms with Gasteiger partial charge in [0.25, 0.3) is 0 Å². The molecule has 2 aliphatic rings. The van der Waals surface area contributed by atoms with Crippen LogP contribution in [-0.4, -0.2) is 46.0 Å². The molecule has 1 aliphatic heterocycles. The second kappa shape index (κ2) is 7.87. The van der Waals surface area contributed by atoms with Gasteiger partial charge in [0.15, 0.2) is 0 Å². The van der Waals surface area contributed by atoms with E-state index in [2.05, 4.69) is 0 Å². The number of carbonyl (C=O) groups is 2. The summed E-state index contributed by atoms with van der Waals surface area (Å²) in [5.74, 6) is -0.307. The van der Waals surface area contributed by atoms with Crippen LogP contribution in [-0.2, 0) is 16.1 Å². The van der Waals surface area contributed by atoms with Crippen molar-refractivity contribution in [3.8, 4) is 0 Å². The van der Waals surface area contributed by atoms with E-state index in [1.807, 2.05) is 25.7 Å². The summed E-state index contributed by atoms with van der Waals surface area (Å²) in [5, 5.41) is 0. The third-order valence-electron chi connectivity index (χ3n) is 4.95. The molecule has 1 heterocycles. The highest BCUT2D eigenvalue weighted by Gasteiger charge is 2.41. The Kier molecular flexibility index (Phi) is 5.72. The molecule has 2 amide bonds. The molecule has 27 heavy (non-hydrogen) atoms. The van der Waals surface area contributed by atoms with E-state index in [9.17, 15) is 14.0 Å². The number of ether oxygens (including phenoxy) is 1. The Hall–Kier alpha value is -2.11. The second-order valence-electron chi connectivity index (χ2n) is 8.51. The summed E-state index contributed by atoms with van der Waals surface area (Å²) in [6.07, 6.45) is 4.00. The molecule has 1 aliphatic carbocycles. The molecule has 0 aromatic heterocycles. The quantitative estimate of drug-likeness (QED) is 0.795. The number of likely N-dealkylation sites (tertiary alicyclic amines) is 1. The molecule has 6 heteroatoms. The van der Waals surface area contributed by atoms with E-state index in [4.69, 9.17) is 4.74 Å². The van der Waals surface area contributed by atoms with Gasteiger partial charge in [0.1, 0.15) is 17.5 Å². The van der Waals surface area contributed by atoms with E-state index >= 15 is 0 Å². The average Bonchev–Trinajstić information content (AvgIpc) is 3.44. The molecule has 1 saturated heterocycles. The van der Waals surface area contributed by atoms with Gasteiger partial charge in [-0.2, -0.15) is 0 Å². The number of piperidine rings is 1. The van der Waals surface area contributed by atoms with Crippen molar-refractivity contribution in [2.45, 2.75) is 77.1 Å². The number of halogens is 1. The largest absolute Gasteiger partial charge is 0.444 e. The molecule has 3 rings (SSSR count). The zero-order chi connectivity index (χ0) is 19.6. The van der Waals surface area contributed by atoms with Gasteiger partial charge in [-0.1, -0.05) is 12.1 Å². The van der Waals surface area contributed by atoms with Crippen LogP contribution in [0.5, 0.6) is 0 Å². The minimum Gasteiger partial charge on any atom is -0.444 e. The summed E-state index contributed by atoms with van der Waals surface area (Å²) in [5.41, 5.74) is 0.308. The molecule has 0 N–H and O–H groups in total. The van der Waals surface area contributed by atoms with Crippen LogP contribution >= 0.6 is 0 Å². The van der Waals surface area contributed by atoms with Crippen LogP contribution in [0.3, 0.4) is 0 Å². The maximum Gasteiger partial charge on any atom is 0.410 e. The van der Waals surface area contributed by atoms with Crippen molar-refractivity contribution >= 4 is 12.0 Å². The zero-order valence-corrected chi connectivity index (χ0v) is 16.4. The summed E-state index contributed by atoms with van der Waals surface area (Å²) < 4.78 is 18.7. The van der Waals surface area contributed by atoms with Gasteiger partial charge in [0.2, 0.25) is 5.91 Å². The van der Waals surface area contributed by atoms with E-state index in [-0.39, 0.29) is 17.8 Å². The Morgan fingerprint density at radius 3 is 2.41 bits per heavy atom. The Labute approximate surface area is 160 Å². The lowest BCUT2D eigenvalue weighted by Crippen LogP contribution is -2.54. The summed E-state index contributed by atoms with van der Waals surface area (Å²) >= 11 is 0. The third-order valence-corrected chi connectivity index (χ3v) is 4.95. The molecule has 5 nitrogen and oxygen atoms in total. The number of carbonyl (C=O) groups excluding carboxylic acids is 2. The molecule has 0 spiro atoms. The Morgan fingerprint density at radius 1 is 1.15 bits per heavy atom. The van der Waals surface area contributed by atoms with Crippen molar-refractivity contribution in [3.63, 3.8) is 0 Å². The minimum atomic E-state index is -0.591. The predicted molar refractivity (Wildman–Crippen MR) is 101 cm³/mol. The first-order valence-electron chi connectivity index (χ1n) is 9.79. The highest BCUT2D eigenvalue weighted by molar-refractivity contribution is 5.86. The molecule has 2 fully saturated rings. The van der Waals surface area contributed by atoms with Crippen molar-refractivity contribution in [1.82, 2.24) is 9.80 Å². The van der Waals surface area contributed by atoms with Crippen molar-refractivity contribution in [3.05, 3.63) is 35.6 Å². The Morgan fingerprint density at radius 2 is 1.81 bits per heavy atom. The van der Waals surface area contributed by atoms with Gasteiger partial charge in [-0.05, 0) is 70.6 Å². The summed E-state index contributed by atoms with van der Waals surface area (Å²) in [6, 6.07) is 5.99. The van der Waals surface area contributed by atoms with E-state index in [1.54, 1.807) is 17.0 Å². The minimum absolute atomic E-state index is 0.0209. The summed E-state index contributed by atoms with van der Waals surface area (Å²) in [7, 11) is 0. The lowest BCUT2D eigenvalue weighted by molar-refractivity contribution is -0.139. The Bertz CT molecular complexity index is 680. The van der Waals surface area contributed by atoms with Crippen LogP contribution < -0.4 is 0 Å². The molecular formula is C21H29FN2O3. The van der Waals surface area contributed by atoms with E-state index in [0.29, 0.717) is 19.5 Å². The number of rotatable bonds is 4. The zero-order valence-electron chi connectivity index (χ0n) is 16.4. The summed E-state index contributed by atoms with van der Waals surface area (Å²) in [4.78, 5) is 29.4. The SMILES string of the molecule is CC(C)(C)OC(=O)N1CCCC[C@@H]1C(=O)N(Cc1ccc(F)cc1)C1CC1. The van der Waals surface area contributed by atoms with Gasteiger partial charge in [-0.15, -0.1) is 0 Å². The normalized spacial score (nSPS) is 20.3. The number of hydrogen-bond donors (Lipinski definition) is 0. The maximum absolute atomic E-state index is 13.3. The van der Waals surface area contributed by atoms with Gasteiger partial charge in [0.05, 0.1) is 0 Å². The lowest BCUT2D eigenvalue weighted by Gasteiger charge is -2.38. The van der Waals surface area contributed by atoms with Crippen LogP contribution in [0.2, 0.25) is 0 Å². The smallest absolute Gasteiger partial charge is 0.410 e. The first kappa shape index (κ1) is 19.6. The predicted octanol–water partition coefficient (Wildman–Crippen LogP) is 4.11. The van der Waals surface area contributed by atoms with Gasteiger partial charge >= 0.3 is 6.09 Å². The van der Waals surface area contributed by atoms with Crippen molar-refractivity contribution in [2.75, 3.05) is 6.54 Å². The molecule has 148 valence electrons. The fourth-order valence-electron chi connectivity index (χ4n) is 3.48. The number of nitrogens with zero attached hydrogens (tertiary/aromatic N) is 2. The first-order valence-corrected chi connectivity index (χ1v) is 9.79. The monoisotopic (exact) mass is 376 g/mol. The molecule has 1 saturated carbocycles. The first-order chi connectivity index (χ1) is 12.7. The van der Waals surface area contributed by atoms with Crippen LogP contribution in [0.25, 0.3) is 0 Å².